The Labute approximate surface area is 147 Å². The number of pyridine rings is 1. The van der Waals surface area contributed by atoms with E-state index in [0.717, 1.165) is 10.9 Å². The van der Waals surface area contributed by atoms with Gasteiger partial charge in [0.1, 0.15) is 5.69 Å². The Morgan fingerprint density at radius 2 is 1.73 bits per heavy atom. The molecule has 6 rings (SSSR count). The number of hydrogen-bond donors (Lipinski definition) is 0. The number of ether oxygens (including phenoxy) is 5. The van der Waals surface area contributed by atoms with Crippen LogP contribution in [0, 0.1) is 0 Å². The van der Waals surface area contributed by atoms with E-state index in [2.05, 4.69) is 4.98 Å². The predicted octanol–water partition coefficient (Wildman–Crippen LogP) is 2.91. The van der Waals surface area contributed by atoms with E-state index in [1.807, 2.05) is 12.1 Å². The van der Waals surface area contributed by atoms with E-state index in [1.165, 1.54) is 0 Å². The Balaban J connectivity index is 1.83. The van der Waals surface area contributed by atoms with Gasteiger partial charge in [0, 0.05) is 33.7 Å². The van der Waals surface area contributed by atoms with Crippen LogP contribution in [0.3, 0.4) is 0 Å². The number of ketones is 1. The summed E-state index contributed by atoms with van der Waals surface area (Å²) in [4.78, 5) is 17.5. The highest BCUT2D eigenvalue weighted by Crippen LogP contribution is 2.56. The van der Waals surface area contributed by atoms with Crippen LogP contribution in [-0.2, 0) is 0 Å². The molecule has 1 aliphatic carbocycles. The van der Waals surface area contributed by atoms with Crippen molar-refractivity contribution in [1.82, 2.24) is 4.98 Å². The van der Waals surface area contributed by atoms with Crippen LogP contribution >= 0.6 is 0 Å². The zero-order chi connectivity index (χ0) is 17.4. The fraction of sp³-hybridized carbons (Fsp3) is 0.158. The summed E-state index contributed by atoms with van der Waals surface area (Å²) in [7, 11) is 1.57. The monoisotopic (exact) mass is 349 g/mol. The van der Waals surface area contributed by atoms with Crippen molar-refractivity contribution in [3.8, 4) is 39.9 Å². The molecule has 1 aromatic heterocycles. The molecule has 3 heterocycles. The average molecular weight is 349 g/mol. The molecule has 0 bridgehead atoms. The second-order valence-electron chi connectivity index (χ2n) is 6.14. The minimum absolute atomic E-state index is 0.0889. The van der Waals surface area contributed by atoms with Crippen LogP contribution in [-0.4, -0.2) is 31.5 Å². The maximum Gasteiger partial charge on any atom is 0.231 e. The van der Waals surface area contributed by atoms with Gasteiger partial charge in [-0.25, -0.2) is 0 Å². The zero-order valence-corrected chi connectivity index (χ0v) is 13.6. The van der Waals surface area contributed by atoms with Gasteiger partial charge >= 0.3 is 0 Å². The van der Waals surface area contributed by atoms with Crippen LogP contribution in [0.2, 0.25) is 0 Å². The number of carbonyl (C=O) groups is 1. The number of benzene rings is 2. The van der Waals surface area contributed by atoms with E-state index in [4.69, 9.17) is 23.7 Å². The van der Waals surface area contributed by atoms with Crippen LogP contribution in [0.25, 0.3) is 21.9 Å². The summed E-state index contributed by atoms with van der Waals surface area (Å²) >= 11 is 0. The van der Waals surface area contributed by atoms with Gasteiger partial charge in [-0.15, -0.1) is 0 Å². The third kappa shape index (κ3) is 1.49. The molecule has 0 unspecified atom stereocenters. The molecule has 3 aliphatic rings. The SMILES string of the molecule is COc1c2c(c3c4c(nccc14)C(=O)c1cc4c(cc1-3)OCO4)OCO2. The molecular weight excluding hydrogens is 338 g/mol. The molecule has 0 N–H and O–H groups in total. The number of nitrogens with zero attached hydrogens (tertiary/aromatic N) is 1. The van der Waals surface area contributed by atoms with Gasteiger partial charge in [-0.1, -0.05) is 0 Å². The lowest BCUT2D eigenvalue weighted by molar-refractivity contribution is 0.103. The lowest BCUT2D eigenvalue weighted by Crippen LogP contribution is -2.12. The van der Waals surface area contributed by atoms with Crippen molar-refractivity contribution in [2.24, 2.45) is 0 Å². The van der Waals surface area contributed by atoms with Crippen molar-refractivity contribution in [3.63, 3.8) is 0 Å². The molecule has 0 fully saturated rings. The van der Waals surface area contributed by atoms with Crippen molar-refractivity contribution >= 4 is 16.6 Å². The molecule has 3 aromatic rings. The number of rotatable bonds is 1. The molecule has 128 valence electrons. The fourth-order valence-electron chi connectivity index (χ4n) is 3.87. The first kappa shape index (κ1) is 13.8. The summed E-state index contributed by atoms with van der Waals surface area (Å²) < 4.78 is 27.9. The summed E-state index contributed by atoms with van der Waals surface area (Å²) in [5, 5.41) is 1.46. The zero-order valence-electron chi connectivity index (χ0n) is 13.6. The normalized spacial score (nSPS) is 15.3. The van der Waals surface area contributed by atoms with Crippen molar-refractivity contribution in [1.29, 1.82) is 0 Å². The molecule has 0 atom stereocenters. The molecule has 0 saturated carbocycles. The van der Waals surface area contributed by atoms with Crippen LogP contribution < -0.4 is 23.7 Å². The predicted molar refractivity (Wildman–Crippen MR) is 89.4 cm³/mol. The third-order valence-corrected chi connectivity index (χ3v) is 4.94. The lowest BCUT2D eigenvalue weighted by Gasteiger charge is -2.22. The molecule has 7 heteroatoms. The van der Waals surface area contributed by atoms with Crippen molar-refractivity contribution in [3.05, 3.63) is 35.7 Å². The highest BCUT2D eigenvalue weighted by molar-refractivity contribution is 6.27. The smallest absolute Gasteiger partial charge is 0.231 e. The van der Waals surface area contributed by atoms with Crippen LogP contribution in [0.1, 0.15) is 16.1 Å². The summed E-state index contributed by atoms with van der Waals surface area (Å²) in [5.41, 5.74) is 2.35. The Morgan fingerprint density at radius 1 is 1.00 bits per heavy atom. The molecule has 2 aromatic carbocycles. The Bertz CT molecular complexity index is 1150. The fourth-order valence-corrected chi connectivity index (χ4v) is 3.87. The summed E-state index contributed by atoms with van der Waals surface area (Å²) in [6, 6.07) is 5.33. The molecule has 0 spiro atoms. The van der Waals surface area contributed by atoms with Crippen LogP contribution in [0.4, 0.5) is 0 Å². The average Bonchev–Trinajstić information content (AvgIpc) is 3.32. The second-order valence-corrected chi connectivity index (χ2v) is 6.14. The minimum atomic E-state index is -0.169. The van der Waals surface area contributed by atoms with Gasteiger partial charge < -0.3 is 23.7 Å². The van der Waals surface area contributed by atoms with E-state index in [9.17, 15) is 4.79 Å². The van der Waals surface area contributed by atoms with Gasteiger partial charge in [0.15, 0.2) is 23.0 Å². The van der Waals surface area contributed by atoms with Gasteiger partial charge in [-0.3, -0.25) is 9.78 Å². The topological polar surface area (TPSA) is 76.1 Å². The Kier molecular flexibility index (Phi) is 2.42. The third-order valence-electron chi connectivity index (χ3n) is 4.94. The number of hydrogen-bond acceptors (Lipinski definition) is 7. The van der Waals surface area contributed by atoms with E-state index in [1.54, 1.807) is 19.4 Å². The van der Waals surface area contributed by atoms with Gasteiger partial charge in [-0.2, -0.15) is 0 Å². The van der Waals surface area contributed by atoms with Crippen LogP contribution in [0.15, 0.2) is 24.4 Å². The highest BCUT2D eigenvalue weighted by atomic mass is 16.7. The van der Waals surface area contributed by atoms with Gasteiger partial charge in [0.05, 0.1) is 7.11 Å². The van der Waals surface area contributed by atoms with Crippen molar-refractivity contribution in [2.75, 3.05) is 20.7 Å². The Morgan fingerprint density at radius 3 is 2.54 bits per heavy atom. The minimum Gasteiger partial charge on any atom is -0.492 e. The Hall–Kier alpha value is -3.48. The molecule has 7 nitrogen and oxygen atoms in total. The lowest BCUT2D eigenvalue weighted by atomic mass is 9.84. The van der Waals surface area contributed by atoms with Gasteiger partial charge in [0.25, 0.3) is 0 Å². The van der Waals surface area contributed by atoms with Gasteiger partial charge in [0.2, 0.25) is 25.1 Å². The number of fused-ring (bicyclic) bond motifs is 5. The molecular formula is C19H11NO6. The standard InChI is InChI=1S/C19H11NO6/c1-22-17-8-2-3-20-15-13(8)14(18-19(17)26-7-25-18)9-4-11-12(24-6-23-11)5-10(9)16(15)21/h2-5H,6-7H2,1H3. The van der Waals surface area contributed by atoms with E-state index < -0.39 is 0 Å². The maximum absolute atomic E-state index is 13.1. The molecule has 2 aliphatic heterocycles. The first-order valence-electron chi connectivity index (χ1n) is 8.05. The molecule has 26 heavy (non-hydrogen) atoms. The molecule has 0 saturated heterocycles. The summed E-state index contributed by atoms with van der Waals surface area (Å²) in [5.74, 6) is 2.60. The quantitative estimate of drug-likeness (QED) is 0.523. The maximum atomic E-state index is 13.1. The summed E-state index contributed by atoms with van der Waals surface area (Å²) in [6.07, 6.45) is 1.60. The van der Waals surface area contributed by atoms with E-state index in [-0.39, 0.29) is 19.4 Å². The van der Waals surface area contributed by atoms with E-state index >= 15 is 0 Å². The number of carbonyl (C=O) groups excluding carboxylic acids is 1. The largest absolute Gasteiger partial charge is 0.492 e. The first-order valence-corrected chi connectivity index (χ1v) is 8.05. The van der Waals surface area contributed by atoms with Gasteiger partial charge in [-0.05, 0) is 18.2 Å². The molecule has 0 amide bonds. The number of aromatic nitrogens is 1. The van der Waals surface area contributed by atoms with Crippen LogP contribution in [0.5, 0.6) is 28.7 Å². The second kappa shape index (κ2) is 4.57. The first-order chi connectivity index (χ1) is 12.8. The van der Waals surface area contributed by atoms with E-state index in [0.29, 0.717) is 51.0 Å². The van der Waals surface area contributed by atoms with Crippen molar-refractivity contribution in [2.45, 2.75) is 0 Å². The summed E-state index contributed by atoms with van der Waals surface area (Å²) in [6.45, 7) is 0.221. The molecule has 0 radical (unpaired) electrons. The van der Waals surface area contributed by atoms with Crippen molar-refractivity contribution < 1.29 is 28.5 Å². The highest BCUT2D eigenvalue weighted by Gasteiger charge is 2.37. The number of methoxy groups -OCH3 is 1.